The van der Waals surface area contributed by atoms with Crippen molar-refractivity contribution in [3.05, 3.63) is 35.5 Å². The zero-order valence-electron chi connectivity index (χ0n) is 18.0. The topological polar surface area (TPSA) is 137 Å². The van der Waals surface area contributed by atoms with Crippen LogP contribution in [0.5, 0.6) is 11.8 Å². The smallest absolute Gasteiger partial charge is 0.327 e. The first kappa shape index (κ1) is 21.9. The van der Waals surface area contributed by atoms with E-state index in [1.807, 2.05) is 23.1 Å². The van der Waals surface area contributed by atoms with Gasteiger partial charge in [0.2, 0.25) is 16.0 Å². The lowest BCUT2D eigenvalue weighted by Crippen LogP contribution is -2.37. The van der Waals surface area contributed by atoms with E-state index in [1.165, 1.54) is 21.9 Å². The molecule has 0 saturated carbocycles. The van der Waals surface area contributed by atoms with E-state index in [-0.39, 0.29) is 6.01 Å². The summed E-state index contributed by atoms with van der Waals surface area (Å²) in [4.78, 5) is 20.5. The minimum Gasteiger partial charge on any atom is -0.424 e. The van der Waals surface area contributed by atoms with Gasteiger partial charge in [-0.3, -0.25) is 0 Å². The van der Waals surface area contributed by atoms with Gasteiger partial charge in [0, 0.05) is 31.7 Å². The summed E-state index contributed by atoms with van der Waals surface area (Å²) < 4.78 is 37.0. The first-order valence-electron chi connectivity index (χ1n) is 10.4. The van der Waals surface area contributed by atoms with Crippen LogP contribution in [-0.4, -0.2) is 71.8 Å². The van der Waals surface area contributed by atoms with Gasteiger partial charge in [-0.1, -0.05) is 23.5 Å². The van der Waals surface area contributed by atoms with E-state index >= 15 is 0 Å². The largest absolute Gasteiger partial charge is 0.424 e. The number of anilines is 2. The van der Waals surface area contributed by atoms with Crippen molar-refractivity contribution in [1.82, 2.24) is 24.2 Å². The van der Waals surface area contributed by atoms with Crippen LogP contribution >= 0.6 is 11.3 Å². The van der Waals surface area contributed by atoms with E-state index in [4.69, 9.17) is 15.2 Å². The first-order chi connectivity index (χ1) is 15.9. The van der Waals surface area contributed by atoms with Gasteiger partial charge < -0.3 is 20.1 Å². The summed E-state index contributed by atoms with van der Waals surface area (Å²) in [7, 11) is -3.26. The fourth-order valence-electron chi connectivity index (χ4n) is 3.82. The molecule has 0 aliphatic carbocycles. The van der Waals surface area contributed by atoms with Gasteiger partial charge in [-0.15, -0.1) is 0 Å². The maximum Gasteiger partial charge on any atom is 0.327 e. The summed E-state index contributed by atoms with van der Waals surface area (Å²) in [5, 5.41) is 0.424. The molecule has 0 amide bonds. The van der Waals surface area contributed by atoms with Crippen molar-refractivity contribution in [2.45, 2.75) is 13.0 Å². The van der Waals surface area contributed by atoms with Gasteiger partial charge in [0.1, 0.15) is 5.75 Å². The standard InChI is InChI=1S/C20H23N7O4S2/c1-33(28,29)27-6-5-14-13(12-27)3-2-4-15(14)31-20-24-17(16-11-22-18(21)32-16)23-19(25-20)26-7-9-30-10-8-26/h2-4,11H,5-10,12H2,1H3,(H2,21,22). The molecule has 4 heterocycles. The van der Waals surface area contributed by atoms with Crippen LogP contribution in [-0.2, 0) is 27.7 Å². The molecule has 0 atom stereocenters. The van der Waals surface area contributed by atoms with E-state index in [0.29, 0.717) is 73.3 Å². The second-order valence-corrected chi connectivity index (χ2v) is 10.8. The van der Waals surface area contributed by atoms with Gasteiger partial charge in [-0.2, -0.15) is 19.3 Å². The molecular weight excluding hydrogens is 466 g/mol. The Balaban J connectivity index is 1.49. The Labute approximate surface area is 195 Å². The summed E-state index contributed by atoms with van der Waals surface area (Å²) in [5.41, 5.74) is 7.67. The molecule has 1 saturated heterocycles. The van der Waals surface area contributed by atoms with E-state index in [2.05, 4.69) is 19.9 Å². The van der Waals surface area contributed by atoms with E-state index in [1.54, 1.807) is 6.20 Å². The number of benzene rings is 1. The fourth-order valence-corrected chi connectivity index (χ4v) is 5.24. The number of aromatic nitrogens is 4. The van der Waals surface area contributed by atoms with E-state index in [0.717, 1.165) is 11.1 Å². The zero-order chi connectivity index (χ0) is 23.0. The van der Waals surface area contributed by atoms with Crippen LogP contribution in [0.25, 0.3) is 10.7 Å². The number of hydrogen-bond acceptors (Lipinski definition) is 11. The number of fused-ring (bicyclic) bond motifs is 1. The Morgan fingerprint density at radius 3 is 2.70 bits per heavy atom. The number of ether oxygens (including phenoxy) is 2. The summed E-state index contributed by atoms with van der Waals surface area (Å²) >= 11 is 1.29. The molecule has 0 unspecified atom stereocenters. The molecule has 13 heteroatoms. The van der Waals surface area contributed by atoms with E-state index in [9.17, 15) is 8.42 Å². The number of sulfonamides is 1. The third-order valence-electron chi connectivity index (χ3n) is 5.50. The summed E-state index contributed by atoms with van der Waals surface area (Å²) in [6.07, 6.45) is 3.40. The number of nitrogens with zero attached hydrogens (tertiary/aromatic N) is 6. The normalized spacial score (nSPS) is 17.1. The summed E-state index contributed by atoms with van der Waals surface area (Å²) in [6.45, 7) is 3.22. The van der Waals surface area contributed by atoms with Crippen LogP contribution in [0, 0.1) is 0 Å². The minimum atomic E-state index is -3.26. The Kier molecular flexibility index (Phi) is 5.86. The molecule has 1 fully saturated rings. The van der Waals surface area contributed by atoms with Gasteiger partial charge in [0.15, 0.2) is 11.0 Å². The van der Waals surface area contributed by atoms with Crippen LogP contribution in [0.2, 0.25) is 0 Å². The summed E-state index contributed by atoms with van der Waals surface area (Å²) in [6, 6.07) is 5.76. The highest BCUT2D eigenvalue weighted by molar-refractivity contribution is 7.88. The maximum absolute atomic E-state index is 12.0. The predicted octanol–water partition coefficient (Wildman–Crippen LogP) is 1.52. The Morgan fingerprint density at radius 2 is 1.97 bits per heavy atom. The molecule has 0 spiro atoms. The number of morpholine rings is 1. The third-order valence-corrected chi connectivity index (χ3v) is 7.57. The lowest BCUT2D eigenvalue weighted by atomic mass is 10.0. The Hall–Kier alpha value is -2.87. The average molecular weight is 490 g/mol. The SMILES string of the molecule is CS(=O)(=O)N1CCc2c(cccc2Oc2nc(-c3cnc(N)s3)nc(N3CCOCC3)n2)C1. The fraction of sp³-hybridized carbons (Fsp3) is 0.400. The van der Waals surface area contributed by atoms with Gasteiger partial charge in [0.25, 0.3) is 0 Å². The van der Waals surface area contributed by atoms with Crippen molar-refractivity contribution in [1.29, 1.82) is 0 Å². The van der Waals surface area contributed by atoms with Crippen molar-refractivity contribution in [3.63, 3.8) is 0 Å². The van der Waals surface area contributed by atoms with Crippen molar-refractivity contribution in [2.24, 2.45) is 0 Å². The van der Waals surface area contributed by atoms with Gasteiger partial charge in [-0.25, -0.2) is 13.4 Å². The number of nitrogens with two attached hydrogens (primary N) is 1. The Morgan fingerprint density at radius 1 is 1.15 bits per heavy atom. The zero-order valence-corrected chi connectivity index (χ0v) is 19.6. The number of hydrogen-bond donors (Lipinski definition) is 1. The molecule has 2 aromatic heterocycles. The highest BCUT2D eigenvalue weighted by Gasteiger charge is 2.26. The number of rotatable bonds is 5. The number of nitrogen functional groups attached to an aromatic ring is 1. The second-order valence-electron chi connectivity index (χ2n) is 7.75. The van der Waals surface area contributed by atoms with Crippen molar-refractivity contribution >= 4 is 32.4 Å². The highest BCUT2D eigenvalue weighted by Crippen LogP contribution is 2.33. The molecule has 174 valence electrons. The third kappa shape index (κ3) is 4.76. The number of thiazole rings is 1. The van der Waals surface area contributed by atoms with Crippen LogP contribution in [0.4, 0.5) is 11.1 Å². The van der Waals surface area contributed by atoms with Crippen molar-refractivity contribution in [3.8, 4) is 22.5 Å². The average Bonchev–Trinajstić information content (AvgIpc) is 3.25. The van der Waals surface area contributed by atoms with Gasteiger partial charge in [-0.05, 0) is 18.1 Å². The first-order valence-corrected chi connectivity index (χ1v) is 13.1. The monoisotopic (exact) mass is 489 g/mol. The molecule has 2 aliphatic heterocycles. The quantitative estimate of drug-likeness (QED) is 0.561. The Bertz CT molecular complexity index is 1280. The lowest BCUT2D eigenvalue weighted by molar-refractivity contribution is 0.122. The highest BCUT2D eigenvalue weighted by atomic mass is 32.2. The summed E-state index contributed by atoms with van der Waals surface area (Å²) in [5.74, 6) is 1.54. The second kappa shape index (κ2) is 8.82. The van der Waals surface area contributed by atoms with Gasteiger partial charge in [0.05, 0.1) is 30.5 Å². The lowest BCUT2D eigenvalue weighted by Gasteiger charge is -2.28. The minimum absolute atomic E-state index is 0.160. The van der Waals surface area contributed by atoms with Crippen LogP contribution in [0.15, 0.2) is 24.4 Å². The molecule has 2 N–H and O–H groups in total. The van der Waals surface area contributed by atoms with Crippen LogP contribution in [0.3, 0.4) is 0 Å². The van der Waals surface area contributed by atoms with Crippen molar-refractivity contribution in [2.75, 3.05) is 49.7 Å². The molecule has 2 aliphatic rings. The molecule has 5 rings (SSSR count). The molecule has 1 aromatic carbocycles. The molecule has 3 aromatic rings. The molecule has 11 nitrogen and oxygen atoms in total. The van der Waals surface area contributed by atoms with Gasteiger partial charge >= 0.3 is 6.01 Å². The van der Waals surface area contributed by atoms with E-state index < -0.39 is 10.0 Å². The molecule has 0 radical (unpaired) electrons. The molecular formula is C20H23N7O4S2. The van der Waals surface area contributed by atoms with Crippen LogP contribution < -0.4 is 15.4 Å². The molecule has 33 heavy (non-hydrogen) atoms. The van der Waals surface area contributed by atoms with Crippen LogP contribution in [0.1, 0.15) is 11.1 Å². The maximum atomic E-state index is 12.0. The van der Waals surface area contributed by atoms with Crippen molar-refractivity contribution < 1.29 is 17.9 Å². The predicted molar refractivity (Wildman–Crippen MR) is 124 cm³/mol. The molecule has 0 bridgehead atoms.